The van der Waals surface area contributed by atoms with Crippen molar-refractivity contribution >= 4 is 52.3 Å². The van der Waals surface area contributed by atoms with Crippen molar-refractivity contribution < 1.29 is 4.79 Å². The highest BCUT2D eigenvalue weighted by molar-refractivity contribution is 7.99. The van der Waals surface area contributed by atoms with Crippen LogP contribution in [0.2, 0.25) is 10.0 Å². The minimum absolute atomic E-state index is 0.170. The number of carbonyl (C=O) groups is 1. The Bertz CT molecular complexity index is 862. The van der Waals surface area contributed by atoms with E-state index >= 15 is 0 Å². The van der Waals surface area contributed by atoms with Crippen LogP contribution in [0.3, 0.4) is 0 Å². The van der Waals surface area contributed by atoms with Crippen molar-refractivity contribution in [1.29, 1.82) is 0 Å². The molecule has 0 unspecified atom stereocenters. The van der Waals surface area contributed by atoms with E-state index in [-0.39, 0.29) is 11.7 Å². The van der Waals surface area contributed by atoms with Crippen LogP contribution in [-0.2, 0) is 4.79 Å². The van der Waals surface area contributed by atoms with Gasteiger partial charge in [-0.05, 0) is 31.2 Å². The molecule has 0 radical (unpaired) electrons. The second kappa shape index (κ2) is 6.74. The minimum atomic E-state index is -0.170. The number of thioether (sulfide) groups is 1. The fraction of sp³-hybridized carbons (Fsp3) is 0.143. The van der Waals surface area contributed by atoms with Crippen molar-refractivity contribution in [2.75, 3.05) is 11.1 Å². The molecule has 0 aliphatic heterocycles. The second-order valence-corrected chi connectivity index (χ2v) is 6.57. The predicted molar refractivity (Wildman–Crippen MR) is 91.3 cm³/mol. The number of fused-ring (bicyclic) bond motifs is 1. The van der Waals surface area contributed by atoms with E-state index in [2.05, 4.69) is 20.4 Å². The van der Waals surface area contributed by atoms with Gasteiger partial charge < -0.3 is 5.32 Å². The van der Waals surface area contributed by atoms with Crippen molar-refractivity contribution in [2.45, 2.75) is 11.9 Å². The number of nitrogens with zero attached hydrogens (tertiary/aromatic N) is 4. The smallest absolute Gasteiger partial charge is 0.253 e. The van der Waals surface area contributed by atoms with Crippen LogP contribution in [0.1, 0.15) is 5.69 Å². The molecule has 0 atom stereocenters. The molecule has 1 N–H and O–H groups in total. The summed E-state index contributed by atoms with van der Waals surface area (Å²) in [6.45, 7) is 1.87. The first-order valence-electron chi connectivity index (χ1n) is 6.57. The van der Waals surface area contributed by atoms with Gasteiger partial charge in [-0.3, -0.25) is 4.79 Å². The molecule has 0 saturated carbocycles. The lowest BCUT2D eigenvalue weighted by atomic mass is 10.3. The number of rotatable bonds is 4. The van der Waals surface area contributed by atoms with Gasteiger partial charge in [0.1, 0.15) is 11.4 Å². The van der Waals surface area contributed by atoms with E-state index in [1.807, 2.05) is 13.0 Å². The highest BCUT2D eigenvalue weighted by Gasteiger charge is 2.10. The number of carbonyl (C=O) groups excluding carboxylic acids is 1. The number of hydrogen-bond donors (Lipinski definition) is 1. The Morgan fingerprint density at radius 2 is 2.00 bits per heavy atom. The predicted octanol–water partition coefficient (Wildman–Crippen LogP) is 3.47. The average Bonchev–Trinajstić information content (AvgIpc) is 2.91. The zero-order chi connectivity index (χ0) is 16.4. The zero-order valence-corrected chi connectivity index (χ0v) is 14.3. The highest BCUT2D eigenvalue weighted by Crippen LogP contribution is 2.23. The topological polar surface area (TPSA) is 72.2 Å². The van der Waals surface area contributed by atoms with Gasteiger partial charge in [-0.1, -0.05) is 35.0 Å². The maximum Gasteiger partial charge on any atom is 0.253 e. The van der Waals surface area contributed by atoms with Gasteiger partial charge in [0.15, 0.2) is 0 Å². The lowest BCUT2D eigenvalue weighted by molar-refractivity contribution is -0.113. The first-order valence-corrected chi connectivity index (χ1v) is 8.31. The van der Waals surface area contributed by atoms with Crippen LogP contribution in [-0.4, -0.2) is 31.2 Å². The fourth-order valence-electron chi connectivity index (χ4n) is 1.96. The molecule has 0 aliphatic rings. The third-order valence-corrected chi connectivity index (χ3v) is 4.27. The Balaban J connectivity index is 1.69. The number of anilines is 1. The van der Waals surface area contributed by atoms with Crippen molar-refractivity contribution in [2.24, 2.45) is 0 Å². The summed E-state index contributed by atoms with van der Waals surface area (Å²) in [7, 11) is 0. The number of hydrogen-bond acceptors (Lipinski definition) is 5. The summed E-state index contributed by atoms with van der Waals surface area (Å²) in [4.78, 5) is 20.4. The third kappa shape index (κ3) is 3.93. The Labute approximate surface area is 146 Å². The standard InChI is InChI=1S/C14H11Cl2N5OS/c1-8-2-13(21-14(19-8)17-7-18-21)23-6-12(22)20-11-4-9(15)3-10(16)5-11/h2-5,7H,6H2,1H3,(H,20,22). The van der Waals surface area contributed by atoms with Gasteiger partial charge in [0.05, 0.1) is 5.75 Å². The maximum atomic E-state index is 12.1. The molecule has 2 aromatic heterocycles. The molecule has 9 heteroatoms. The average molecular weight is 368 g/mol. The monoisotopic (exact) mass is 367 g/mol. The number of aryl methyl sites for hydroxylation is 1. The molecule has 3 aromatic rings. The molecule has 2 heterocycles. The van der Waals surface area contributed by atoms with Gasteiger partial charge in [-0.25, -0.2) is 4.98 Å². The molecule has 3 rings (SSSR count). The van der Waals surface area contributed by atoms with Crippen LogP contribution in [0.25, 0.3) is 5.78 Å². The molecular weight excluding hydrogens is 357 g/mol. The summed E-state index contributed by atoms with van der Waals surface area (Å²) < 4.78 is 1.60. The molecule has 0 bridgehead atoms. The normalized spacial score (nSPS) is 10.9. The number of halogens is 2. The van der Waals surface area contributed by atoms with Gasteiger partial charge in [0.25, 0.3) is 5.78 Å². The van der Waals surface area contributed by atoms with Gasteiger partial charge >= 0.3 is 0 Å². The van der Waals surface area contributed by atoms with E-state index in [0.717, 1.165) is 10.7 Å². The molecule has 6 nitrogen and oxygen atoms in total. The van der Waals surface area contributed by atoms with Crippen LogP contribution >= 0.6 is 35.0 Å². The van der Waals surface area contributed by atoms with Crippen molar-refractivity contribution in [3.05, 3.63) is 46.3 Å². The summed E-state index contributed by atoms with van der Waals surface area (Å²) in [5.74, 6) is 0.549. The Kier molecular flexibility index (Phi) is 4.70. The molecule has 23 heavy (non-hydrogen) atoms. The van der Waals surface area contributed by atoms with E-state index in [4.69, 9.17) is 23.2 Å². The minimum Gasteiger partial charge on any atom is -0.325 e. The summed E-state index contributed by atoms with van der Waals surface area (Å²) in [5.41, 5.74) is 1.37. The number of nitrogens with one attached hydrogen (secondary N) is 1. The SMILES string of the molecule is Cc1cc(SCC(=O)Nc2cc(Cl)cc(Cl)c2)n2ncnc2n1. The van der Waals surface area contributed by atoms with E-state index in [0.29, 0.717) is 21.5 Å². The fourth-order valence-corrected chi connectivity index (χ4v) is 3.34. The molecule has 0 fully saturated rings. The van der Waals surface area contributed by atoms with Gasteiger partial charge in [-0.15, -0.1) is 0 Å². The third-order valence-electron chi connectivity index (χ3n) is 2.84. The van der Waals surface area contributed by atoms with Gasteiger partial charge in [0.2, 0.25) is 5.91 Å². The molecule has 1 amide bonds. The Morgan fingerprint density at radius 3 is 2.74 bits per heavy atom. The highest BCUT2D eigenvalue weighted by atomic mass is 35.5. The van der Waals surface area contributed by atoms with E-state index in [1.54, 1.807) is 22.7 Å². The molecule has 1 aromatic carbocycles. The first kappa shape index (κ1) is 16.0. The lowest BCUT2D eigenvalue weighted by Crippen LogP contribution is -2.14. The van der Waals surface area contributed by atoms with Crippen LogP contribution in [0.15, 0.2) is 35.6 Å². The summed E-state index contributed by atoms with van der Waals surface area (Å²) in [6.07, 6.45) is 1.43. The van der Waals surface area contributed by atoms with E-state index in [9.17, 15) is 4.79 Å². The van der Waals surface area contributed by atoms with Crippen LogP contribution in [0, 0.1) is 6.92 Å². The Morgan fingerprint density at radius 1 is 1.26 bits per heavy atom. The van der Waals surface area contributed by atoms with Crippen molar-refractivity contribution in [1.82, 2.24) is 19.6 Å². The zero-order valence-electron chi connectivity index (χ0n) is 12.0. The van der Waals surface area contributed by atoms with Crippen LogP contribution in [0.5, 0.6) is 0 Å². The number of benzene rings is 1. The lowest BCUT2D eigenvalue weighted by Gasteiger charge is -2.07. The van der Waals surface area contributed by atoms with Crippen molar-refractivity contribution in [3.8, 4) is 0 Å². The second-order valence-electron chi connectivity index (χ2n) is 4.70. The van der Waals surface area contributed by atoms with Crippen LogP contribution in [0.4, 0.5) is 5.69 Å². The Hall–Kier alpha value is -1.83. The molecule has 0 saturated heterocycles. The van der Waals surface area contributed by atoms with Crippen molar-refractivity contribution in [3.63, 3.8) is 0 Å². The molecule has 118 valence electrons. The van der Waals surface area contributed by atoms with Gasteiger partial charge in [0, 0.05) is 21.4 Å². The quantitative estimate of drug-likeness (QED) is 0.564. The summed E-state index contributed by atoms with van der Waals surface area (Å²) in [6, 6.07) is 6.75. The molecular formula is C14H11Cl2N5OS. The number of amides is 1. The molecule has 0 spiro atoms. The van der Waals surface area contributed by atoms with Crippen LogP contribution < -0.4 is 5.32 Å². The van der Waals surface area contributed by atoms with Gasteiger partial charge in [-0.2, -0.15) is 14.6 Å². The molecule has 0 aliphatic carbocycles. The summed E-state index contributed by atoms with van der Waals surface area (Å²) in [5, 5.41) is 8.59. The van der Waals surface area contributed by atoms with E-state index in [1.165, 1.54) is 18.1 Å². The maximum absolute atomic E-state index is 12.1. The van der Waals surface area contributed by atoms with E-state index < -0.39 is 0 Å². The first-order chi connectivity index (χ1) is 11.0. The largest absolute Gasteiger partial charge is 0.325 e. The number of aromatic nitrogens is 4. The summed E-state index contributed by atoms with van der Waals surface area (Å²) >= 11 is 13.2.